The van der Waals surface area contributed by atoms with Gasteiger partial charge in [-0.3, -0.25) is 4.57 Å². The van der Waals surface area contributed by atoms with Gasteiger partial charge in [0.2, 0.25) is 0 Å². The number of hydrogen-bond donors (Lipinski definition) is 1. The summed E-state index contributed by atoms with van der Waals surface area (Å²) in [4.78, 5) is 10.8. The molecule has 5 heteroatoms. The van der Waals surface area contributed by atoms with Gasteiger partial charge in [-0.05, 0) is 116 Å². The summed E-state index contributed by atoms with van der Waals surface area (Å²) >= 11 is 0. The quantitative estimate of drug-likeness (QED) is 0.192. The Morgan fingerprint density at radius 2 is 1.17 bits per heavy atom. The minimum Gasteiger partial charge on any atom is -0.507 e. The Morgan fingerprint density at radius 3 is 1.87 bits per heavy atom. The van der Waals surface area contributed by atoms with Gasteiger partial charge in [-0.25, -0.2) is 9.97 Å². The Bertz CT molecular complexity index is 3460. The highest BCUT2D eigenvalue weighted by Crippen LogP contribution is 2.59. The number of imidazole rings is 1. The molecule has 0 saturated heterocycles. The van der Waals surface area contributed by atoms with Gasteiger partial charge in [0.25, 0.3) is 0 Å². The second-order valence-electron chi connectivity index (χ2n) is 19.5. The van der Waals surface area contributed by atoms with Gasteiger partial charge < -0.3 is 9.52 Å². The number of phenolic OH excluding ortho intramolecular Hbond substituents is 1. The molecule has 13 rings (SSSR count). The van der Waals surface area contributed by atoms with Crippen molar-refractivity contribution in [1.29, 1.82) is 0 Å². The van der Waals surface area contributed by atoms with Gasteiger partial charge in [-0.2, -0.15) is 0 Å². The van der Waals surface area contributed by atoms with Crippen molar-refractivity contribution >= 4 is 33.1 Å². The van der Waals surface area contributed by atoms with E-state index in [1.165, 1.54) is 33.4 Å². The molecule has 5 nitrogen and oxygen atoms in total. The van der Waals surface area contributed by atoms with Gasteiger partial charge in [-0.15, -0.1) is 0 Å². The lowest BCUT2D eigenvalue weighted by atomic mass is 9.61. The third-order valence-corrected chi connectivity index (χ3v) is 13.6. The molecule has 306 valence electrons. The first-order valence-electron chi connectivity index (χ1n) is 22.0. The molecule has 1 N–H and O–H groups in total. The molecule has 0 atom stereocenters. The fraction of sp³-hybridized carbons (Fsp3) is 0.172. The van der Waals surface area contributed by atoms with E-state index in [9.17, 15) is 5.11 Å². The number of aromatic hydroxyl groups is 1. The number of aromatic nitrogens is 3. The average Bonchev–Trinajstić information content (AvgIpc) is 3.88. The van der Waals surface area contributed by atoms with Crippen LogP contribution in [-0.4, -0.2) is 19.6 Å². The van der Waals surface area contributed by atoms with Crippen LogP contribution in [0.15, 0.2) is 162 Å². The van der Waals surface area contributed by atoms with Gasteiger partial charge in [-0.1, -0.05) is 139 Å². The summed E-state index contributed by atoms with van der Waals surface area (Å²) in [6, 6.07) is 56.3. The molecule has 7 aromatic carbocycles. The molecule has 0 aliphatic heterocycles. The lowest BCUT2D eigenvalue weighted by molar-refractivity contribution is 0.479. The van der Waals surface area contributed by atoms with Crippen LogP contribution in [-0.2, 0) is 10.8 Å². The van der Waals surface area contributed by atoms with Crippen LogP contribution in [0, 0.1) is 0 Å². The van der Waals surface area contributed by atoms with Crippen LogP contribution >= 0.6 is 0 Å². The Hall–Kier alpha value is -7.24. The normalized spacial score (nSPS) is 15.5. The maximum atomic E-state index is 12.0. The van der Waals surface area contributed by atoms with E-state index in [1.807, 2.05) is 12.1 Å². The number of hydrogen-bond acceptors (Lipinski definition) is 4. The lowest BCUT2D eigenvalue weighted by Gasteiger charge is -2.42. The lowest BCUT2D eigenvalue weighted by Crippen LogP contribution is -2.27. The minimum absolute atomic E-state index is 0.00196. The molecule has 63 heavy (non-hydrogen) atoms. The molecule has 3 aliphatic rings. The number of fused-ring (bicyclic) bond motifs is 4. The summed E-state index contributed by atoms with van der Waals surface area (Å²) in [5.74, 6) is 1.07. The first-order chi connectivity index (χ1) is 30.4. The van der Waals surface area contributed by atoms with E-state index >= 15 is 0 Å². The molecule has 0 radical (unpaired) electrons. The standard InChI is InChI=1S/C58H47N3O2/c1-57(2,3)36-24-26-46(42(31-36)33-16-8-7-9-17-33)61-47-23-15-14-22-45(47)60-56(61)35-28-34(29-37(30-35)58(4,5)6)44-25-27-49-54(59-44)53-48(62)32-43-50-38-18-10-12-20-40(38)51(52(43)55(53)63-49)41-21-13-11-19-39(41)50/h7-32,50-51,62H,1-6H3. The molecular weight excluding hydrogens is 771 g/mol. The van der Waals surface area contributed by atoms with E-state index in [0.29, 0.717) is 22.1 Å². The summed E-state index contributed by atoms with van der Waals surface area (Å²) in [5, 5.41) is 12.7. The molecule has 3 heterocycles. The van der Waals surface area contributed by atoms with Crippen LogP contribution < -0.4 is 0 Å². The molecular formula is C58H47N3O2. The van der Waals surface area contributed by atoms with Crippen LogP contribution in [0.3, 0.4) is 0 Å². The zero-order valence-corrected chi connectivity index (χ0v) is 36.4. The molecule has 0 amide bonds. The molecule has 10 aromatic rings. The number of phenols is 1. The van der Waals surface area contributed by atoms with E-state index in [-0.39, 0.29) is 28.4 Å². The molecule has 0 unspecified atom stereocenters. The van der Waals surface area contributed by atoms with Crippen LogP contribution in [0.2, 0.25) is 0 Å². The van der Waals surface area contributed by atoms with Crippen LogP contribution in [0.5, 0.6) is 5.75 Å². The summed E-state index contributed by atoms with van der Waals surface area (Å²) in [5.41, 5.74) is 19.8. The van der Waals surface area contributed by atoms with Crippen molar-refractivity contribution < 1.29 is 9.52 Å². The first kappa shape index (κ1) is 37.5. The molecule has 0 fully saturated rings. The average molecular weight is 818 g/mol. The number of benzene rings is 7. The van der Waals surface area contributed by atoms with E-state index in [1.54, 1.807) is 0 Å². The van der Waals surface area contributed by atoms with Crippen molar-refractivity contribution in [3.8, 4) is 45.2 Å². The summed E-state index contributed by atoms with van der Waals surface area (Å²) < 4.78 is 9.15. The Kier molecular flexibility index (Phi) is 7.97. The van der Waals surface area contributed by atoms with E-state index in [2.05, 4.69) is 192 Å². The van der Waals surface area contributed by atoms with Crippen molar-refractivity contribution in [3.63, 3.8) is 0 Å². The van der Waals surface area contributed by atoms with E-state index in [4.69, 9.17) is 14.4 Å². The maximum Gasteiger partial charge on any atom is 0.154 e. The van der Waals surface area contributed by atoms with E-state index < -0.39 is 0 Å². The van der Waals surface area contributed by atoms with Crippen molar-refractivity contribution in [2.24, 2.45) is 0 Å². The number of furan rings is 1. The third kappa shape index (κ3) is 5.68. The number of nitrogens with zero attached hydrogens (tertiary/aromatic N) is 3. The number of pyridine rings is 1. The van der Waals surface area contributed by atoms with E-state index in [0.717, 1.165) is 61.6 Å². The molecule has 0 spiro atoms. The summed E-state index contributed by atoms with van der Waals surface area (Å²) in [7, 11) is 0. The van der Waals surface area contributed by atoms with Gasteiger partial charge in [0.05, 0.1) is 27.8 Å². The van der Waals surface area contributed by atoms with Gasteiger partial charge in [0.1, 0.15) is 22.7 Å². The number of para-hydroxylation sites is 2. The predicted octanol–water partition coefficient (Wildman–Crippen LogP) is 14.6. The van der Waals surface area contributed by atoms with Crippen molar-refractivity contribution in [3.05, 3.63) is 202 Å². The second-order valence-corrected chi connectivity index (χ2v) is 19.5. The van der Waals surface area contributed by atoms with Crippen molar-refractivity contribution in [2.45, 2.75) is 64.2 Å². The highest BCUT2D eigenvalue weighted by atomic mass is 16.3. The highest BCUT2D eigenvalue weighted by Gasteiger charge is 2.43. The van der Waals surface area contributed by atoms with Crippen LogP contribution in [0.4, 0.5) is 0 Å². The Morgan fingerprint density at radius 1 is 0.540 bits per heavy atom. The van der Waals surface area contributed by atoms with Gasteiger partial charge in [0, 0.05) is 34.1 Å². The van der Waals surface area contributed by atoms with Gasteiger partial charge in [0.15, 0.2) is 5.58 Å². The third-order valence-electron chi connectivity index (χ3n) is 13.6. The van der Waals surface area contributed by atoms with Gasteiger partial charge >= 0.3 is 0 Å². The largest absolute Gasteiger partial charge is 0.507 e. The Balaban J connectivity index is 1.06. The second kappa shape index (κ2) is 13.4. The first-order valence-corrected chi connectivity index (χ1v) is 22.0. The smallest absolute Gasteiger partial charge is 0.154 e. The molecule has 0 saturated carbocycles. The van der Waals surface area contributed by atoms with Crippen LogP contribution in [0.25, 0.3) is 72.6 Å². The zero-order chi connectivity index (χ0) is 42.9. The Labute approximate surface area is 367 Å². The summed E-state index contributed by atoms with van der Waals surface area (Å²) in [6.45, 7) is 13.6. The highest BCUT2D eigenvalue weighted by molar-refractivity contribution is 6.09. The fourth-order valence-corrected chi connectivity index (χ4v) is 10.4. The maximum absolute atomic E-state index is 12.0. The molecule has 2 bridgehead atoms. The SMILES string of the molecule is CC(C)(C)c1cc(-c2ccc3oc4c5c(cc(O)c4c3n2)C2c3ccccc3C5c3ccccc32)cc(-c2nc3ccccc3n2-c2ccc(C(C)(C)C)cc2-c2ccccc2)c1. The summed E-state index contributed by atoms with van der Waals surface area (Å²) in [6.07, 6.45) is 0. The molecule has 3 aromatic heterocycles. The number of rotatable bonds is 4. The monoisotopic (exact) mass is 817 g/mol. The topological polar surface area (TPSA) is 64.1 Å². The molecule has 3 aliphatic carbocycles. The van der Waals surface area contributed by atoms with Crippen molar-refractivity contribution in [2.75, 3.05) is 0 Å². The zero-order valence-electron chi connectivity index (χ0n) is 36.4. The van der Waals surface area contributed by atoms with Crippen LogP contribution in [0.1, 0.15) is 97.9 Å². The minimum atomic E-state index is -0.180. The van der Waals surface area contributed by atoms with Crippen molar-refractivity contribution in [1.82, 2.24) is 14.5 Å². The fourth-order valence-electron chi connectivity index (χ4n) is 10.4. The predicted molar refractivity (Wildman–Crippen MR) is 256 cm³/mol.